The van der Waals surface area contributed by atoms with E-state index >= 15 is 0 Å². The maximum Gasteiger partial charge on any atom is 0.254 e. The molecule has 0 bridgehead atoms. The molecule has 2 N–H and O–H groups in total. The summed E-state index contributed by atoms with van der Waals surface area (Å²) in [4.78, 5) is 13.9. The van der Waals surface area contributed by atoms with Gasteiger partial charge in [0.25, 0.3) is 5.91 Å². The van der Waals surface area contributed by atoms with Gasteiger partial charge in [-0.15, -0.1) is 0 Å². The first-order valence-electron chi connectivity index (χ1n) is 6.30. The van der Waals surface area contributed by atoms with Crippen LogP contribution in [-0.4, -0.2) is 45.8 Å². The first kappa shape index (κ1) is 10.5. The molecule has 3 rings (SSSR count). The lowest BCUT2D eigenvalue weighted by atomic mass is 9.79. The summed E-state index contributed by atoms with van der Waals surface area (Å²) < 4.78 is 0. The second-order valence-corrected chi connectivity index (χ2v) is 5.66. The van der Waals surface area contributed by atoms with Gasteiger partial charge in [0.1, 0.15) is 5.60 Å². The average Bonchev–Trinajstić information content (AvgIpc) is 2.77. The number of rotatable bonds is 1. The van der Waals surface area contributed by atoms with Gasteiger partial charge >= 0.3 is 0 Å². The molecule has 0 aromatic rings. The Morgan fingerprint density at radius 3 is 2.56 bits per heavy atom. The minimum Gasteiger partial charge on any atom is -0.393 e. The van der Waals surface area contributed by atoms with Crippen LogP contribution in [0.4, 0.5) is 0 Å². The van der Waals surface area contributed by atoms with Crippen molar-refractivity contribution in [2.75, 3.05) is 13.1 Å². The Labute approximate surface area is 95.2 Å². The van der Waals surface area contributed by atoms with E-state index in [0.717, 1.165) is 25.8 Å². The van der Waals surface area contributed by atoms with E-state index in [-0.39, 0.29) is 17.9 Å². The molecule has 1 saturated heterocycles. The largest absolute Gasteiger partial charge is 0.393 e. The second-order valence-electron chi connectivity index (χ2n) is 5.66. The van der Waals surface area contributed by atoms with Crippen molar-refractivity contribution < 1.29 is 15.0 Å². The number of carbonyl (C=O) groups excluding carboxylic acids is 1. The van der Waals surface area contributed by atoms with Gasteiger partial charge in [0, 0.05) is 19.0 Å². The molecule has 1 heterocycles. The Balaban J connectivity index is 1.68. The topological polar surface area (TPSA) is 60.8 Å². The molecular formula is C12H19NO3. The molecule has 3 atom stereocenters. The van der Waals surface area contributed by atoms with Crippen molar-refractivity contribution in [2.45, 2.75) is 43.8 Å². The van der Waals surface area contributed by atoms with Crippen LogP contribution >= 0.6 is 0 Å². The second kappa shape index (κ2) is 3.44. The maximum absolute atomic E-state index is 12.1. The Morgan fingerprint density at radius 2 is 2.00 bits per heavy atom. The van der Waals surface area contributed by atoms with E-state index in [4.69, 9.17) is 0 Å². The fourth-order valence-electron chi connectivity index (χ4n) is 3.42. The lowest BCUT2D eigenvalue weighted by Gasteiger charge is -2.38. The number of likely N-dealkylation sites (tertiary alicyclic amines) is 1. The van der Waals surface area contributed by atoms with Gasteiger partial charge in [-0.2, -0.15) is 0 Å². The third kappa shape index (κ3) is 1.39. The predicted octanol–water partition coefficient (Wildman–Crippen LogP) is 0.131. The molecule has 3 aliphatic rings. The smallest absolute Gasteiger partial charge is 0.254 e. The lowest BCUT2D eigenvalue weighted by Crippen LogP contribution is -2.53. The van der Waals surface area contributed by atoms with E-state index < -0.39 is 5.60 Å². The van der Waals surface area contributed by atoms with Gasteiger partial charge in [-0.3, -0.25) is 4.79 Å². The van der Waals surface area contributed by atoms with Crippen molar-refractivity contribution >= 4 is 5.91 Å². The highest BCUT2D eigenvalue weighted by molar-refractivity contribution is 5.86. The quantitative estimate of drug-likeness (QED) is 0.667. The standard InChI is InChI=1S/C12H19NO3/c14-10-3-2-8-6-13(7-9(8)10)11(15)12(16)4-1-5-12/h8-10,14,16H,1-7H2. The normalized spacial score (nSPS) is 40.6. The van der Waals surface area contributed by atoms with E-state index in [1.54, 1.807) is 4.90 Å². The molecule has 2 saturated carbocycles. The van der Waals surface area contributed by atoms with E-state index in [0.29, 0.717) is 25.3 Å². The van der Waals surface area contributed by atoms with Crippen LogP contribution in [0, 0.1) is 11.8 Å². The summed E-state index contributed by atoms with van der Waals surface area (Å²) in [6.45, 7) is 1.38. The molecule has 0 radical (unpaired) electrons. The highest BCUT2D eigenvalue weighted by atomic mass is 16.3. The van der Waals surface area contributed by atoms with E-state index in [1.807, 2.05) is 0 Å². The molecule has 0 spiro atoms. The summed E-state index contributed by atoms with van der Waals surface area (Å²) in [5, 5.41) is 19.8. The highest BCUT2D eigenvalue weighted by Crippen LogP contribution is 2.41. The number of carbonyl (C=O) groups is 1. The minimum absolute atomic E-state index is 0.0969. The molecule has 16 heavy (non-hydrogen) atoms. The zero-order chi connectivity index (χ0) is 11.3. The molecule has 3 fully saturated rings. The summed E-state index contributed by atoms with van der Waals surface area (Å²) in [7, 11) is 0. The number of aliphatic hydroxyl groups is 2. The number of hydrogen-bond acceptors (Lipinski definition) is 3. The summed E-state index contributed by atoms with van der Waals surface area (Å²) >= 11 is 0. The van der Waals surface area contributed by atoms with Crippen LogP contribution in [-0.2, 0) is 4.79 Å². The molecule has 4 nitrogen and oxygen atoms in total. The zero-order valence-corrected chi connectivity index (χ0v) is 9.43. The summed E-state index contributed by atoms with van der Waals surface area (Å²) in [6.07, 6.45) is 3.83. The van der Waals surface area contributed by atoms with Crippen molar-refractivity contribution in [3.63, 3.8) is 0 Å². The van der Waals surface area contributed by atoms with Crippen LogP contribution in [0.15, 0.2) is 0 Å². The molecule has 1 amide bonds. The third-order valence-electron chi connectivity index (χ3n) is 4.69. The third-order valence-corrected chi connectivity index (χ3v) is 4.69. The van der Waals surface area contributed by atoms with Crippen molar-refractivity contribution in [2.24, 2.45) is 11.8 Å². The summed E-state index contributed by atoms with van der Waals surface area (Å²) in [6, 6.07) is 0. The van der Waals surface area contributed by atoms with Gasteiger partial charge in [0.05, 0.1) is 6.10 Å². The summed E-state index contributed by atoms with van der Waals surface area (Å²) in [5.74, 6) is 0.621. The Bertz CT molecular complexity index is 313. The zero-order valence-electron chi connectivity index (χ0n) is 9.43. The molecule has 4 heteroatoms. The maximum atomic E-state index is 12.1. The first-order valence-corrected chi connectivity index (χ1v) is 6.30. The van der Waals surface area contributed by atoms with Crippen LogP contribution < -0.4 is 0 Å². The highest BCUT2D eigenvalue weighted by Gasteiger charge is 2.50. The minimum atomic E-state index is -1.07. The van der Waals surface area contributed by atoms with Gasteiger partial charge in [0.2, 0.25) is 0 Å². The van der Waals surface area contributed by atoms with E-state index in [9.17, 15) is 15.0 Å². The Kier molecular flexibility index (Phi) is 2.27. The number of nitrogens with zero attached hydrogens (tertiary/aromatic N) is 1. The van der Waals surface area contributed by atoms with Crippen LogP contribution in [0.2, 0.25) is 0 Å². The van der Waals surface area contributed by atoms with Gasteiger partial charge in [0.15, 0.2) is 0 Å². The van der Waals surface area contributed by atoms with Gasteiger partial charge in [-0.05, 0) is 38.0 Å². The lowest BCUT2D eigenvalue weighted by molar-refractivity contribution is -0.159. The van der Waals surface area contributed by atoms with Crippen molar-refractivity contribution in [3.05, 3.63) is 0 Å². The molecule has 1 aliphatic heterocycles. The average molecular weight is 225 g/mol. The fraction of sp³-hybridized carbons (Fsp3) is 0.917. The van der Waals surface area contributed by atoms with Gasteiger partial charge in [-0.1, -0.05) is 0 Å². The predicted molar refractivity (Wildman–Crippen MR) is 57.6 cm³/mol. The van der Waals surface area contributed by atoms with Crippen molar-refractivity contribution in [1.29, 1.82) is 0 Å². The summed E-state index contributed by atoms with van der Waals surface area (Å²) in [5.41, 5.74) is -1.07. The number of amides is 1. The molecule has 3 unspecified atom stereocenters. The molecule has 0 aromatic heterocycles. The Morgan fingerprint density at radius 1 is 1.25 bits per heavy atom. The molecule has 0 aromatic carbocycles. The van der Waals surface area contributed by atoms with Crippen molar-refractivity contribution in [1.82, 2.24) is 4.90 Å². The van der Waals surface area contributed by atoms with E-state index in [2.05, 4.69) is 0 Å². The fourth-order valence-corrected chi connectivity index (χ4v) is 3.42. The van der Waals surface area contributed by atoms with Crippen LogP contribution in [0.25, 0.3) is 0 Å². The SMILES string of the molecule is O=C(N1CC2CCC(O)C2C1)C1(O)CCC1. The molecule has 90 valence electrons. The Hall–Kier alpha value is -0.610. The van der Waals surface area contributed by atoms with Crippen LogP contribution in [0.1, 0.15) is 32.1 Å². The first-order chi connectivity index (χ1) is 7.60. The number of hydrogen-bond donors (Lipinski definition) is 2. The van der Waals surface area contributed by atoms with Gasteiger partial charge < -0.3 is 15.1 Å². The van der Waals surface area contributed by atoms with Crippen molar-refractivity contribution in [3.8, 4) is 0 Å². The molecular weight excluding hydrogens is 206 g/mol. The van der Waals surface area contributed by atoms with E-state index in [1.165, 1.54) is 0 Å². The number of fused-ring (bicyclic) bond motifs is 1. The van der Waals surface area contributed by atoms with Gasteiger partial charge in [-0.25, -0.2) is 0 Å². The van der Waals surface area contributed by atoms with Crippen LogP contribution in [0.5, 0.6) is 0 Å². The number of aliphatic hydroxyl groups excluding tert-OH is 1. The molecule has 2 aliphatic carbocycles. The monoisotopic (exact) mass is 225 g/mol. The van der Waals surface area contributed by atoms with Crippen LogP contribution in [0.3, 0.4) is 0 Å².